The number of hydrogen-bond acceptors (Lipinski definition) is 4. The lowest BCUT2D eigenvalue weighted by Gasteiger charge is -2.31. The monoisotopic (exact) mass is 349 g/mol. The number of sulfonamides is 1. The van der Waals surface area contributed by atoms with Crippen molar-refractivity contribution in [1.82, 2.24) is 14.1 Å². The Morgan fingerprint density at radius 3 is 2.67 bits per heavy atom. The molecule has 0 radical (unpaired) electrons. The van der Waals surface area contributed by atoms with Crippen LogP contribution >= 0.6 is 0 Å². The zero-order valence-corrected chi connectivity index (χ0v) is 15.1. The van der Waals surface area contributed by atoms with Crippen LogP contribution in [-0.4, -0.2) is 42.8 Å². The molecule has 1 aromatic heterocycles. The third-order valence-corrected chi connectivity index (χ3v) is 6.09. The lowest BCUT2D eigenvalue weighted by molar-refractivity contribution is 0.161. The first-order valence-corrected chi connectivity index (χ1v) is 9.54. The third-order valence-electron chi connectivity index (χ3n) is 4.33. The van der Waals surface area contributed by atoms with Gasteiger partial charge in [0.05, 0.1) is 18.1 Å². The molecule has 0 fully saturated rings. The maximum Gasteiger partial charge on any atom is 0.218 e. The molecule has 0 spiro atoms. The van der Waals surface area contributed by atoms with Gasteiger partial charge in [-0.3, -0.25) is 4.68 Å². The molecule has 0 amide bonds. The van der Waals surface area contributed by atoms with Gasteiger partial charge in [0.2, 0.25) is 10.0 Å². The number of aromatic nitrogens is 2. The minimum absolute atomic E-state index is 0.0164. The van der Waals surface area contributed by atoms with Crippen molar-refractivity contribution in [3.8, 4) is 0 Å². The van der Waals surface area contributed by atoms with Gasteiger partial charge in [0.15, 0.2) is 0 Å². The van der Waals surface area contributed by atoms with Gasteiger partial charge in [0.1, 0.15) is 0 Å². The molecule has 130 valence electrons. The van der Waals surface area contributed by atoms with E-state index >= 15 is 0 Å². The van der Waals surface area contributed by atoms with Gasteiger partial charge < -0.3 is 4.74 Å². The Balaban J connectivity index is 1.84. The maximum atomic E-state index is 12.9. The van der Waals surface area contributed by atoms with Crippen LogP contribution in [0.25, 0.3) is 0 Å². The Labute approximate surface area is 143 Å². The van der Waals surface area contributed by atoms with E-state index in [4.69, 9.17) is 4.74 Å². The highest BCUT2D eigenvalue weighted by molar-refractivity contribution is 7.88. The van der Waals surface area contributed by atoms with Gasteiger partial charge in [-0.05, 0) is 12.5 Å². The van der Waals surface area contributed by atoms with Gasteiger partial charge in [-0.1, -0.05) is 29.8 Å². The lowest BCUT2D eigenvalue weighted by Crippen LogP contribution is -2.39. The summed E-state index contributed by atoms with van der Waals surface area (Å²) in [5, 5.41) is 4.48. The van der Waals surface area contributed by atoms with E-state index in [9.17, 15) is 8.42 Å². The van der Waals surface area contributed by atoms with E-state index in [-0.39, 0.29) is 11.7 Å². The Kier molecular flexibility index (Phi) is 4.76. The van der Waals surface area contributed by atoms with Crippen molar-refractivity contribution >= 4 is 10.0 Å². The van der Waals surface area contributed by atoms with Crippen LogP contribution in [0.2, 0.25) is 0 Å². The number of nitrogens with zero attached hydrogens (tertiary/aromatic N) is 3. The fraction of sp³-hybridized carbons (Fsp3) is 0.471. The van der Waals surface area contributed by atoms with Gasteiger partial charge >= 0.3 is 0 Å². The predicted octanol–water partition coefficient (Wildman–Crippen LogP) is 1.80. The van der Waals surface area contributed by atoms with Crippen LogP contribution in [0.3, 0.4) is 0 Å². The van der Waals surface area contributed by atoms with Crippen molar-refractivity contribution in [2.45, 2.75) is 25.1 Å². The number of ether oxygens (including phenoxy) is 1. The Bertz CT molecular complexity index is 812. The van der Waals surface area contributed by atoms with Crippen LogP contribution in [0.1, 0.15) is 28.3 Å². The van der Waals surface area contributed by atoms with Crippen molar-refractivity contribution < 1.29 is 13.2 Å². The zero-order valence-electron chi connectivity index (χ0n) is 14.3. The summed E-state index contributed by atoms with van der Waals surface area (Å²) in [5.41, 5.74) is 3.83. The first-order chi connectivity index (χ1) is 11.4. The van der Waals surface area contributed by atoms with Gasteiger partial charge in [-0.15, -0.1) is 0 Å². The molecule has 0 bridgehead atoms. The van der Waals surface area contributed by atoms with Crippen molar-refractivity contribution in [2.75, 3.05) is 20.3 Å². The molecule has 0 saturated heterocycles. The van der Waals surface area contributed by atoms with E-state index in [2.05, 4.69) is 5.10 Å². The van der Waals surface area contributed by atoms with Crippen LogP contribution in [0.15, 0.2) is 30.5 Å². The molecule has 1 unspecified atom stereocenters. The number of aryl methyl sites for hydroxylation is 2. The zero-order chi connectivity index (χ0) is 17.3. The molecule has 3 rings (SSSR count). The van der Waals surface area contributed by atoms with Crippen molar-refractivity contribution in [3.63, 3.8) is 0 Å². The highest BCUT2D eigenvalue weighted by atomic mass is 32.2. The average Bonchev–Trinajstić information content (AvgIpc) is 2.90. The minimum Gasteiger partial charge on any atom is -0.384 e. The van der Waals surface area contributed by atoms with E-state index in [1.807, 2.05) is 44.4 Å². The van der Waals surface area contributed by atoms with Crippen LogP contribution < -0.4 is 0 Å². The van der Waals surface area contributed by atoms with Gasteiger partial charge in [-0.2, -0.15) is 9.40 Å². The topological polar surface area (TPSA) is 64.4 Å². The highest BCUT2D eigenvalue weighted by Crippen LogP contribution is 2.29. The summed E-state index contributed by atoms with van der Waals surface area (Å²) in [5.74, 6) is -0.0181. The van der Waals surface area contributed by atoms with E-state index in [1.165, 1.54) is 0 Å². The van der Waals surface area contributed by atoms with Crippen LogP contribution in [0, 0.1) is 6.92 Å². The molecule has 2 heterocycles. The van der Waals surface area contributed by atoms with Gasteiger partial charge in [0, 0.05) is 44.9 Å². The normalized spacial score (nSPS) is 18.5. The molecule has 1 atom stereocenters. The maximum absolute atomic E-state index is 12.9. The predicted molar refractivity (Wildman–Crippen MR) is 92.0 cm³/mol. The molecular weight excluding hydrogens is 326 g/mol. The molecule has 24 heavy (non-hydrogen) atoms. The van der Waals surface area contributed by atoms with Crippen LogP contribution in [0.5, 0.6) is 0 Å². The van der Waals surface area contributed by atoms with E-state index in [0.717, 1.165) is 22.4 Å². The summed E-state index contributed by atoms with van der Waals surface area (Å²) in [4.78, 5) is 0. The highest BCUT2D eigenvalue weighted by Gasteiger charge is 2.34. The Morgan fingerprint density at radius 1 is 1.29 bits per heavy atom. The molecule has 0 aliphatic carbocycles. The van der Waals surface area contributed by atoms with Gasteiger partial charge in [0.25, 0.3) is 0 Å². The first-order valence-electron chi connectivity index (χ1n) is 7.94. The largest absolute Gasteiger partial charge is 0.384 e. The van der Waals surface area contributed by atoms with Crippen LogP contribution in [-0.2, 0) is 34.1 Å². The SMILES string of the molecule is COCC1CN(S(=O)(=O)Cc2ccc(C)cc2)Cc2cn(C)nc21. The Hall–Kier alpha value is -1.70. The molecule has 1 aliphatic heterocycles. The number of methoxy groups -OCH3 is 1. The first kappa shape index (κ1) is 17.1. The van der Waals surface area contributed by atoms with E-state index in [1.54, 1.807) is 16.1 Å². The fourth-order valence-electron chi connectivity index (χ4n) is 3.14. The summed E-state index contributed by atoms with van der Waals surface area (Å²) in [7, 11) is 0.0887. The smallest absolute Gasteiger partial charge is 0.218 e. The number of hydrogen-bond donors (Lipinski definition) is 0. The van der Waals surface area contributed by atoms with Gasteiger partial charge in [-0.25, -0.2) is 8.42 Å². The van der Waals surface area contributed by atoms with Crippen LogP contribution in [0.4, 0.5) is 0 Å². The second-order valence-electron chi connectivity index (χ2n) is 6.40. The number of fused-ring (bicyclic) bond motifs is 1. The average molecular weight is 349 g/mol. The summed E-state index contributed by atoms with van der Waals surface area (Å²) in [6.45, 7) is 3.23. The molecule has 6 nitrogen and oxygen atoms in total. The van der Waals surface area contributed by atoms with Crippen molar-refractivity contribution in [2.24, 2.45) is 7.05 Å². The van der Waals surface area contributed by atoms with Crippen molar-refractivity contribution in [3.05, 3.63) is 52.8 Å². The Morgan fingerprint density at radius 2 is 2.00 bits per heavy atom. The molecular formula is C17H23N3O3S. The summed E-state index contributed by atoms with van der Waals surface area (Å²) in [6, 6.07) is 7.62. The minimum atomic E-state index is -3.39. The number of benzene rings is 1. The molecule has 7 heteroatoms. The molecule has 1 aromatic carbocycles. The van der Waals surface area contributed by atoms with E-state index in [0.29, 0.717) is 19.7 Å². The quantitative estimate of drug-likeness (QED) is 0.826. The second kappa shape index (κ2) is 6.66. The lowest BCUT2D eigenvalue weighted by atomic mass is 9.99. The standard InChI is InChI=1S/C17H23N3O3S/c1-13-4-6-14(7-5-13)12-24(21,22)20-9-15-8-19(2)18-17(15)16(10-20)11-23-3/h4-8,16H,9-12H2,1-3H3. The van der Waals surface area contributed by atoms with E-state index < -0.39 is 10.0 Å². The molecule has 2 aromatic rings. The molecule has 1 aliphatic rings. The third kappa shape index (κ3) is 3.53. The molecule has 0 N–H and O–H groups in total. The summed E-state index contributed by atoms with van der Waals surface area (Å²) >= 11 is 0. The fourth-order valence-corrected chi connectivity index (χ4v) is 4.68. The van der Waals surface area contributed by atoms with Crippen molar-refractivity contribution in [1.29, 1.82) is 0 Å². The number of rotatable bonds is 5. The molecule has 0 saturated carbocycles. The summed E-state index contributed by atoms with van der Waals surface area (Å²) < 4.78 is 34.3. The summed E-state index contributed by atoms with van der Waals surface area (Å²) in [6.07, 6.45) is 1.89. The second-order valence-corrected chi connectivity index (χ2v) is 8.37.